The van der Waals surface area contributed by atoms with Gasteiger partial charge in [0.1, 0.15) is 6.04 Å². The molecule has 1 unspecified atom stereocenters. The largest absolute Gasteiger partial charge is 0.383 e. The molecular formula is C20H28N2O3. The van der Waals surface area contributed by atoms with Gasteiger partial charge < -0.3 is 15.0 Å². The van der Waals surface area contributed by atoms with Crippen LogP contribution in [-0.4, -0.2) is 49.6 Å². The lowest BCUT2D eigenvalue weighted by Crippen LogP contribution is -2.73. The monoisotopic (exact) mass is 344 g/mol. The molecule has 1 N–H and O–H groups in total. The number of amides is 2. The molecule has 1 saturated heterocycles. The average molecular weight is 344 g/mol. The summed E-state index contributed by atoms with van der Waals surface area (Å²) in [4.78, 5) is 27.1. The van der Waals surface area contributed by atoms with E-state index in [1.54, 1.807) is 12.0 Å². The van der Waals surface area contributed by atoms with Crippen LogP contribution in [-0.2, 0) is 20.7 Å². The van der Waals surface area contributed by atoms with Crippen molar-refractivity contribution in [2.45, 2.75) is 44.6 Å². The van der Waals surface area contributed by atoms with Gasteiger partial charge in [0.15, 0.2) is 0 Å². The van der Waals surface area contributed by atoms with Crippen LogP contribution in [0.25, 0.3) is 0 Å². The molecule has 2 aliphatic rings. The first-order valence-corrected chi connectivity index (χ1v) is 9.31. The maximum Gasteiger partial charge on any atom is 0.243 e. The quantitative estimate of drug-likeness (QED) is 0.581. The Morgan fingerprint density at radius 1 is 1.28 bits per heavy atom. The van der Waals surface area contributed by atoms with Crippen LogP contribution in [0, 0.1) is 5.41 Å². The van der Waals surface area contributed by atoms with Crippen molar-refractivity contribution in [3.63, 3.8) is 0 Å². The van der Waals surface area contributed by atoms with E-state index in [4.69, 9.17) is 4.74 Å². The Labute approximate surface area is 149 Å². The van der Waals surface area contributed by atoms with Gasteiger partial charge in [-0.2, -0.15) is 0 Å². The van der Waals surface area contributed by atoms with Crippen molar-refractivity contribution in [1.29, 1.82) is 0 Å². The molecule has 1 aromatic rings. The second kappa shape index (κ2) is 8.00. The van der Waals surface area contributed by atoms with Gasteiger partial charge in [-0.1, -0.05) is 43.2 Å². The van der Waals surface area contributed by atoms with Gasteiger partial charge in [-0.3, -0.25) is 9.59 Å². The standard InChI is InChI=1S/C20H28N2O3/c1-25-15-14-22-17(20(19(22)24)11-5-6-12-20)18(23)21-13-7-10-16-8-3-2-4-9-16/h2-4,8-9,17H,5-7,10-15H2,1H3,(H,21,23). The first-order chi connectivity index (χ1) is 12.2. The molecule has 1 saturated carbocycles. The van der Waals surface area contributed by atoms with E-state index in [1.165, 1.54) is 5.56 Å². The number of likely N-dealkylation sites (tertiary alicyclic amines) is 1. The van der Waals surface area contributed by atoms with Crippen LogP contribution >= 0.6 is 0 Å². The number of methoxy groups -OCH3 is 1. The molecule has 5 nitrogen and oxygen atoms in total. The van der Waals surface area contributed by atoms with Crippen LogP contribution < -0.4 is 5.32 Å². The Bertz CT molecular complexity index is 596. The molecular weight excluding hydrogens is 316 g/mol. The van der Waals surface area contributed by atoms with E-state index in [1.807, 2.05) is 18.2 Å². The number of hydrogen-bond acceptors (Lipinski definition) is 3. The van der Waals surface area contributed by atoms with Crippen molar-refractivity contribution >= 4 is 11.8 Å². The van der Waals surface area contributed by atoms with Crippen molar-refractivity contribution in [2.75, 3.05) is 26.8 Å². The van der Waals surface area contributed by atoms with Crippen molar-refractivity contribution in [2.24, 2.45) is 5.41 Å². The molecule has 0 aromatic heterocycles. The zero-order valence-corrected chi connectivity index (χ0v) is 15.0. The molecule has 1 atom stereocenters. The van der Waals surface area contributed by atoms with E-state index in [0.29, 0.717) is 19.7 Å². The summed E-state index contributed by atoms with van der Waals surface area (Å²) in [5, 5.41) is 3.06. The van der Waals surface area contributed by atoms with Gasteiger partial charge in [0.2, 0.25) is 11.8 Å². The smallest absolute Gasteiger partial charge is 0.243 e. The summed E-state index contributed by atoms with van der Waals surface area (Å²) >= 11 is 0. The summed E-state index contributed by atoms with van der Waals surface area (Å²) < 4.78 is 5.10. The van der Waals surface area contributed by atoms with E-state index >= 15 is 0 Å². The summed E-state index contributed by atoms with van der Waals surface area (Å²) in [7, 11) is 1.62. The topological polar surface area (TPSA) is 58.6 Å². The molecule has 1 aliphatic heterocycles. The highest BCUT2D eigenvalue weighted by molar-refractivity contribution is 6.02. The van der Waals surface area contributed by atoms with Gasteiger partial charge >= 0.3 is 0 Å². The van der Waals surface area contributed by atoms with E-state index in [9.17, 15) is 9.59 Å². The minimum atomic E-state index is -0.433. The molecule has 136 valence electrons. The third-order valence-electron chi connectivity index (χ3n) is 5.59. The van der Waals surface area contributed by atoms with Crippen molar-refractivity contribution in [1.82, 2.24) is 10.2 Å². The predicted octanol–water partition coefficient (Wildman–Crippen LogP) is 2.15. The Kier molecular flexibility index (Phi) is 5.74. The molecule has 2 fully saturated rings. The third kappa shape index (κ3) is 3.56. The molecule has 5 heteroatoms. The summed E-state index contributed by atoms with van der Waals surface area (Å²) in [5.74, 6) is 0.150. The summed E-state index contributed by atoms with van der Waals surface area (Å²) in [5.41, 5.74) is 0.849. The van der Waals surface area contributed by atoms with Crippen LogP contribution in [0.1, 0.15) is 37.7 Å². The summed E-state index contributed by atoms with van der Waals surface area (Å²) in [6, 6.07) is 9.97. The number of benzene rings is 1. The Balaban J connectivity index is 1.53. The van der Waals surface area contributed by atoms with Gasteiger partial charge in [0.25, 0.3) is 0 Å². The van der Waals surface area contributed by atoms with E-state index in [-0.39, 0.29) is 17.9 Å². The second-order valence-corrected chi connectivity index (χ2v) is 7.14. The lowest BCUT2D eigenvalue weighted by Gasteiger charge is -2.53. The molecule has 1 heterocycles. The van der Waals surface area contributed by atoms with E-state index < -0.39 is 5.41 Å². The minimum Gasteiger partial charge on any atom is -0.383 e. The Morgan fingerprint density at radius 3 is 2.68 bits per heavy atom. The van der Waals surface area contributed by atoms with Gasteiger partial charge in [-0.25, -0.2) is 0 Å². The summed E-state index contributed by atoms with van der Waals surface area (Å²) in [6.45, 7) is 1.62. The van der Waals surface area contributed by atoms with E-state index in [0.717, 1.165) is 38.5 Å². The molecule has 2 amide bonds. The fourth-order valence-corrected chi connectivity index (χ4v) is 4.30. The zero-order chi connectivity index (χ0) is 17.7. The summed E-state index contributed by atoms with van der Waals surface area (Å²) in [6.07, 6.45) is 5.63. The Hall–Kier alpha value is -1.88. The van der Waals surface area contributed by atoms with E-state index in [2.05, 4.69) is 17.4 Å². The molecule has 1 aromatic carbocycles. The SMILES string of the molecule is COCCN1C(=O)C2(CCCC2)C1C(=O)NCCCc1ccccc1. The number of aryl methyl sites for hydroxylation is 1. The molecule has 0 bridgehead atoms. The number of carbonyl (C=O) groups excluding carboxylic acids is 2. The number of rotatable bonds is 8. The predicted molar refractivity (Wildman–Crippen MR) is 96.1 cm³/mol. The first-order valence-electron chi connectivity index (χ1n) is 9.31. The van der Waals surface area contributed by atoms with Crippen LogP contribution in [0.4, 0.5) is 0 Å². The fraction of sp³-hybridized carbons (Fsp3) is 0.600. The number of carbonyl (C=O) groups is 2. The van der Waals surface area contributed by atoms with Gasteiger partial charge in [-0.05, 0) is 31.2 Å². The number of nitrogens with zero attached hydrogens (tertiary/aromatic N) is 1. The molecule has 3 rings (SSSR count). The van der Waals surface area contributed by atoms with Gasteiger partial charge in [0.05, 0.1) is 12.0 Å². The number of ether oxygens (including phenoxy) is 1. The highest BCUT2D eigenvalue weighted by Gasteiger charge is 2.63. The lowest BCUT2D eigenvalue weighted by atomic mass is 9.68. The van der Waals surface area contributed by atoms with Crippen molar-refractivity contribution in [3.05, 3.63) is 35.9 Å². The first kappa shape index (κ1) is 17.9. The van der Waals surface area contributed by atoms with Gasteiger partial charge in [0, 0.05) is 20.2 Å². The van der Waals surface area contributed by atoms with Crippen LogP contribution in [0.15, 0.2) is 30.3 Å². The molecule has 0 radical (unpaired) electrons. The maximum atomic E-state index is 12.8. The normalized spacial score (nSPS) is 21.4. The molecule has 25 heavy (non-hydrogen) atoms. The fourth-order valence-electron chi connectivity index (χ4n) is 4.30. The van der Waals surface area contributed by atoms with Crippen LogP contribution in [0.2, 0.25) is 0 Å². The molecule has 1 aliphatic carbocycles. The Morgan fingerprint density at radius 2 is 2.00 bits per heavy atom. The number of β-lactam (4-membered cyclic amide) rings is 1. The minimum absolute atomic E-state index is 0.00525. The maximum absolute atomic E-state index is 12.8. The average Bonchev–Trinajstić information content (AvgIpc) is 3.14. The molecule has 1 spiro atoms. The van der Waals surface area contributed by atoms with Crippen LogP contribution in [0.3, 0.4) is 0 Å². The second-order valence-electron chi connectivity index (χ2n) is 7.14. The zero-order valence-electron chi connectivity index (χ0n) is 15.0. The number of nitrogens with one attached hydrogen (secondary N) is 1. The van der Waals surface area contributed by atoms with Crippen molar-refractivity contribution in [3.8, 4) is 0 Å². The third-order valence-corrected chi connectivity index (χ3v) is 5.59. The number of hydrogen-bond donors (Lipinski definition) is 1. The van der Waals surface area contributed by atoms with Crippen LogP contribution in [0.5, 0.6) is 0 Å². The van der Waals surface area contributed by atoms with Gasteiger partial charge in [-0.15, -0.1) is 0 Å². The highest BCUT2D eigenvalue weighted by atomic mass is 16.5. The van der Waals surface area contributed by atoms with Crippen molar-refractivity contribution < 1.29 is 14.3 Å². The lowest BCUT2D eigenvalue weighted by molar-refractivity contribution is -0.178. The highest BCUT2D eigenvalue weighted by Crippen LogP contribution is 2.51.